The molecule has 0 radical (unpaired) electrons. The van der Waals surface area contributed by atoms with E-state index in [9.17, 15) is 4.79 Å². The third-order valence-electron chi connectivity index (χ3n) is 5.32. The first-order chi connectivity index (χ1) is 12.1. The molecule has 0 aliphatic rings. The molecule has 0 aliphatic carbocycles. The number of pyridine rings is 1. The van der Waals surface area contributed by atoms with Crippen molar-refractivity contribution in [1.29, 1.82) is 0 Å². The molecule has 3 aromatic rings. The van der Waals surface area contributed by atoms with Gasteiger partial charge in [0.25, 0.3) is 0 Å². The van der Waals surface area contributed by atoms with E-state index in [0.29, 0.717) is 27.9 Å². The molecular weight excluding hydrogens is 362 g/mol. The highest BCUT2D eigenvalue weighted by atomic mass is 35.5. The Morgan fingerprint density at radius 2 is 1.77 bits per heavy atom. The van der Waals surface area contributed by atoms with Crippen molar-refractivity contribution in [1.82, 2.24) is 4.98 Å². The van der Waals surface area contributed by atoms with Crippen LogP contribution in [0.3, 0.4) is 0 Å². The fraction of sp³-hybridized carbons (Fsp3) is 0.333. The normalized spacial score (nSPS) is 12.7. The van der Waals surface area contributed by atoms with Crippen molar-refractivity contribution >= 4 is 41.6 Å². The highest BCUT2D eigenvalue weighted by Gasteiger charge is 2.37. The molecule has 1 aromatic heterocycles. The molecule has 1 heterocycles. The van der Waals surface area contributed by atoms with E-state index in [2.05, 4.69) is 38.8 Å². The molecule has 26 heavy (non-hydrogen) atoms. The summed E-state index contributed by atoms with van der Waals surface area (Å²) in [5, 5.41) is 2.71. The quantitative estimate of drug-likeness (QED) is 0.525. The molecule has 0 fully saturated rings. The smallest absolute Gasteiger partial charge is 0.195 e. The fourth-order valence-corrected chi connectivity index (χ4v) is 3.71. The van der Waals surface area contributed by atoms with Crippen LogP contribution >= 0.6 is 11.6 Å². The minimum absolute atomic E-state index is 0.0517. The number of benzene rings is 1. The van der Waals surface area contributed by atoms with Gasteiger partial charge in [0.05, 0.1) is 17.1 Å². The molecule has 5 heteroatoms. The number of halogens is 1. The van der Waals surface area contributed by atoms with Gasteiger partial charge in [-0.05, 0) is 47.3 Å². The molecule has 3 nitrogen and oxygen atoms in total. The molecular formula is C21H24ClNO2Si. The Balaban J connectivity index is 2.07. The van der Waals surface area contributed by atoms with Gasteiger partial charge in [-0.2, -0.15) is 0 Å². The average molecular weight is 386 g/mol. The van der Waals surface area contributed by atoms with Crippen molar-refractivity contribution in [2.45, 2.75) is 45.5 Å². The lowest BCUT2D eigenvalue weighted by molar-refractivity contribution is 0.276. The first-order valence-electron chi connectivity index (χ1n) is 8.74. The second kappa shape index (κ2) is 6.76. The minimum Gasteiger partial charge on any atom is -0.413 e. The lowest BCUT2D eigenvalue weighted by Crippen LogP contribution is -2.40. The molecule has 0 bridgehead atoms. The Labute approximate surface area is 160 Å². The van der Waals surface area contributed by atoms with Gasteiger partial charge in [-0.15, -0.1) is 0 Å². The zero-order valence-corrected chi connectivity index (χ0v) is 17.6. The van der Waals surface area contributed by atoms with Crippen LogP contribution in [0, 0.1) is 0 Å². The van der Waals surface area contributed by atoms with Gasteiger partial charge >= 0.3 is 0 Å². The van der Waals surface area contributed by atoms with Crippen molar-refractivity contribution in [3.63, 3.8) is 0 Å². The summed E-state index contributed by atoms with van der Waals surface area (Å²) in [6.07, 6.45) is 1.56. The van der Waals surface area contributed by atoms with E-state index < -0.39 is 8.32 Å². The van der Waals surface area contributed by atoms with Crippen LogP contribution in [0.15, 0.2) is 47.4 Å². The summed E-state index contributed by atoms with van der Waals surface area (Å²) in [4.78, 5) is 17.3. The van der Waals surface area contributed by atoms with E-state index in [1.54, 1.807) is 12.3 Å². The number of nitrogens with zero attached hydrogens (tertiary/aromatic N) is 1. The van der Waals surface area contributed by atoms with E-state index in [-0.39, 0.29) is 10.5 Å². The lowest BCUT2D eigenvalue weighted by atomic mass is 10.1. The first kappa shape index (κ1) is 19.0. The van der Waals surface area contributed by atoms with E-state index in [0.717, 1.165) is 10.9 Å². The zero-order valence-electron chi connectivity index (χ0n) is 15.9. The average Bonchev–Trinajstić information content (AvgIpc) is 2.70. The Kier molecular flexibility index (Phi) is 4.95. The Morgan fingerprint density at radius 3 is 2.46 bits per heavy atom. The largest absolute Gasteiger partial charge is 0.413 e. The number of rotatable bonds is 3. The molecule has 0 saturated heterocycles. The molecule has 0 saturated carbocycles. The van der Waals surface area contributed by atoms with Crippen molar-refractivity contribution in [3.8, 4) is 0 Å². The number of aromatic nitrogens is 1. The third-order valence-corrected chi connectivity index (χ3v) is 10.0. The molecule has 0 atom stereocenters. The van der Waals surface area contributed by atoms with Crippen LogP contribution in [0.5, 0.6) is 0 Å². The van der Waals surface area contributed by atoms with Crippen LogP contribution in [0.2, 0.25) is 23.2 Å². The maximum Gasteiger partial charge on any atom is 0.195 e. The molecule has 2 aromatic carbocycles. The molecule has 0 aliphatic heterocycles. The van der Waals surface area contributed by atoms with Gasteiger partial charge in [0.1, 0.15) is 0 Å². The van der Waals surface area contributed by atoms with E-state index in [1.807, 2.05) is 30.3 Å². The van der Waals surface area contributed by atoms with Crippen molar-refractivity contribution in [3.05, 3.63) is 63.4 Å². The Bertz CT molecular complexity index is 1040. The van der Waals surface area contributed by atoms with Gasteiger partial charge < -0.3 is 4.43 Å². The third kappa shape index (κ3) is 3.68. The van der Waals surface area contributed by atoms with Crippen LogP contribution in [-0.4, -0.2) is 13.3 Å². The first-order valence-corrected chi connectivity index (χ1v) is 12.0. The molecule has 0 N–H and O–H groups in total. The summed E-state index contributed by atoms with van der Waals surface area (Å²) in [5.74, 6) is 0. The van der Waals surface area contributed by atoms with E-state index in [1.165, 1.54) is 0 Å². The second-order valence-electron chi connectivity index (χ2n) is 8.22. The van der Waals surface area contributed by atoms with Crippen molar-refractivity contribution < 1.29 is 4.43 Å². The summed E-state index contributed by atoms with van der Waals surface area (Å²) < 4.78 is 6.30. The van der Waals surface area contributed by atoms with E-state index >= 15 is 0 Å². The number of fused-ring (bicyclic) bond motifs is 2. The molecule has 3 rings (SSSR count). The van der Waals surface area contributed by atoms with Crippen LogP contribution < -0.4 is 5.43 Å². The Morgan fingerprint density at radius 1 is 1.08 bits per heavy atom. The van der Waals surface area contributed by atoms with Crippen LogP contribution in [0.25, 0.3) is 21.7 Å². The maximum atomic E-state index is 13.0. The molecule has 136 valence electrons. The van der Waals surface area contributed by atoms with Crippen LogP contribution in [0.4, 0.5) is 0 Å². The number of hydrogen-bond donors (Lipinski definition) is 0. The molecule has 0 spiro atoms. The van der Waals surface area contributed by atoms with Crippen molar-refractivity contribution in [2.24, 2.45) is 0 Å². The maximum absolute atomic E-state index is 13.0. The molecule has 0 amide bonds. The van der Waals surface area contributed by atoms with Gasteiger partial charge in [0.2, 0.25) is 0 Å². The fourth-order valence-electron chi connectivity index (χ4n) is 2.59. The predicted octanol–water partition coefficient (Wildman–Crippen LogP) is 5.92. The van der Waals surface area contributed by atoms with Gasteiger partial charge in [-0.1, -0.05) is 50.6 Å². The zero-order chi connectivity index (χ0) is 19.1. The Hall–Kier alpha value is -1.75. The van der Waals surface area contributed by atoms with Crippen LogP contribution in [0.1, 0.15) is 26.3 Å². The summed E-state index contributed by atoms with van der Waals surface area (Å²) in [7, 11) is -1.84. The topological polar surface area (TPSA) is 39.2 Å². The van der Waals surface area contributed by atoms with Crippen LogP contribution in [-0.2, 0) is 11.0 Å². The second-order valence-corrected chi connectivity index (χ2v) is 13.5. The standard InChI is InChI=1S/C21H24ClNO2Si/c1-21(2,3)26(4,5)25-13-14-6-7-15-8-9-19-18(11-16(22)12-23-19)20(24)17(15)10-14/h6-12H,13H2,1-5H3. The van der Waals surface area contributed by atoms with Gasteiger partial charge in [-0.25, -0.2) is 0 Å². The minimum atomic E-state index is -1.84. The summed E-state index contributed by atoms with van der Waals surface area (Å²) >= 11 is 6.04. The summed E-state index contributed by atoms with van der Waals surface area (Å²) in [5.41, 5.74) is 1.60. The number of hydrogen-bond acceptors (Lipinski definition) is 3. The lowest BCUT2D eigenvalue weighted by Gasteiger charge is -2.36. The monoisotopic (exact) mass is 385 g/mol. The molecule has 0 unspecified atom stereocenters. The SMILES string of the molecule is CC(C)(C)[Si](C)(C)OCc1ccc2ccc3ncc(Cl)cc3c(=O)c2c1. The van der Waals surface area contributed by atoms with Crippen molar-refractivity contribution in [2.75, 3.05) is 0 Å². The van der Waals surface area contributed by atoms with Gasteiger partial charge in [0, 0.05) is 17.0 Å². The predicted molar refractivity (Wildman–Crippen MR) is 113 cm³/mol. The highest BCUT2D eigenvalue weighted by Crippen LogP contribution is 2.37. The van der Waals surface area contributed by atoms with E-state index in [4.69, 9.17) is 16.0 Å². The van der Waals surface area contributed by atoms with Gasteiger partial charge in [0.15, 0.2) is 13.7 Å². The summed E-state index contributed by atoms with van der Waals surface area (Å²) in [6.45, 7) is 11.6. The van der Waals surface area contributed by atoms with Gasteiger partial charge in [-0.3, -0.25) is 9.78 Å². The highest BCUT2D eigenvalue weighted by molar-refractivity contribution is 6.74. The summed E-state index contributed by atoms with van der Waals surface area (Å²) in [6, 6.07) is 11.4.